The van der Waals surface area contributed by atoms with Gasteiger partial charge < -0.3 is 25.8 Å². The second-order valence-corrected chi connectivity index (χ2v) is 11.0. The number of aliphatic carboxylic acids is 1. The molecule has 2 aliphatic rings. The van der Waals surface area contributed by atoms with Gasteiger partial charge in [-0.3, -0.25) is 9.78 Å². The lowest BCUT2D eigenvalue weighted by Crippen LogP contribution is -2.59. The Labute approximate surface area is 192 Å². The number of carbonyl (C=O) groups excluding carboxylic acids is 2. The van der Waals surface area contributed by atoms with E-state index in [1.807, 2.05) is 0 Å². The normalized spacial score (nSPS) is 26.5. The van der Waals surface area contributed by atoms with Gasteiger partial charge in [0.15, 0.2) is 26.4 Å². The topological polar surface area (TPSA) is 182 Å². The zero-order valence-corrected chi connectivity index (χ0v) is 18.8. The summed E-state index contributed by atoms with van der Waals surface area (Å²) >= 11 is 1.18. The molecule has 4 N–H and O–H groups in total. The number of nitrogens with zero attached hydrogens (tertiary/aromatic N) is 3. The van der Waals surface area contributed by atoms with E-state index >= 15 is 0 Å². The van der Waals surface area contributed by atoms with Gasteiger partial charge in [-0.2, -0.15) is 0 Å². The molecule has 0 aliphatic carbocycles. The first-order chi connectivity index (χ1) is 15.6. The molecule has 2 aromatic rings. The Balaban J connectivity index is 1.55. The lowest BCUT2D eigenvalue weighted by Gasteiger charge is -2.37. The van der Waals surface area contributed by atoms with E-state index < -0.39 is 50.6 Å². The van der Waals surface area contributed by atoms with E-state index in [1.54, 1.807) is 23.6 Å². The maximum atomic E-state index is 13.4. The van der Waals surface area contributed by atoms with E-state index in [-0.39, 0.29) is 12.1 Å². The summed E-state index contributed by atoms with van der Waals surface area (Å²) in [5.74, 6) is -2.24. The Kier molecular flexibility index (Phi) is 5.57. The molecular weight excluding hydrogens is 474 g/mol. The van der Waals surface area contributed by atoms with Gasteiger partial charge in [0.25, 0.3) is 5.91 Å². The molecule has 2 aliphatic heterocycles. The van der Waals surface area contributed by atoms with Crippen LogP contribution in [0.15, 0.2) is 35.3 Å². The number of alkyl carbamates (subject to hydrolysis) is 1. The first-order valence-corrected chi connectivity index (χ1v) is 12.0. The Hall–Kier alpha value is -3.52. The maximum absolute atomic E-state index is 13.4. The molecule has 2 fully saturated rings. The maximum Gasteiger partial charge on any atom is 0.407 e. The van der Waals surface area contributed by atoms with Crippen LogP contribution in [-0.2, 0) is 30.7 Å². The lowest BCUT2D eigenvalue weighted by atomic mass is 9.94. The van der Waals surface area contributed by atoms with Crippen molar-refractivity contribution < 1.29 is 32.6 Å². The number of β-lactam (4-membered cyclic amide) rings is 1. The minimum atomic E-state index is -4.29. The second kappa shape index (κ2) is 8.12. The van der Waals surface area contributed by atoms with Gasteiger partial charge in [0.05, 0.1) is 23.5 Å². The molecule has 0 radical (unpaired) electrons. The summed E-state index contributed by atoms with van der Waals surface area (Å²) < 4.78 is 29.8. The molecule has 0 saturated carbocycles. The van der Waals surface area contributed by atoms with E-state index in [4.69, 9.17) is 10.5 Å². The van der Waals surface area contributed by atoms with Crippen molar-refractivity contribution in [2.45, 2.75) is 29.6 Å². The van der Waals surface area contributed by atoms with Gasteiger partial charge in [-0.05, 0) is 25.1 Å². The molecule has 3 atom stereocenters. The molecular formula is C19H19N5O7S2. The van der Waals surface area contributed by atoms with E-state index in [2.05, 4.69) is 15.3 Å². The number of nitrogens with one attached hydrogen (secondary N) is 1. The number of carboxylic acids is 1. The lowest BCUT2D eigenvalue weighted by molar-refractivity contribution is -0.153. The number of sulfone groups is 1. The van der Waals surface area contributed by atoms with Crippen molar-refractivity contribution in [2.24, 2.45) is 0 Å². The fourth-order valence-electron chi connectivity index (χ4n) is 3.84. The van der Waals surface area contributed by atoms with Crippen LogP contribution in [0.2, 0.25) is 0 Å². The molecule has 0 bridgehead atoms. The fourth-order valence-corrected chi connectivity index (χ4v) is 6.68. The number of nitrogens with two attached hydrogens (primary N) is 1. The molecule has 0 unspecified atom stereocenters. The molecule has 12 nitrogen and oxygen atoms in total. The van der Waals surface area contributed by atoms with E-state index in [0.29, 0.717) is 16.5 Å². The molecule has 174 valence electrons. The van der Waals surface area contributed by atoms with Gasteiger partial charge in [-0.25, -0.2) is 23.0 Å². The molecule has 4 rings (SSSR count). The molecule has 33 heavy (non-hydrogen) atoms. The van der Waals surface area contributed by atoms with Gasteiger partial charge in [0.1, 0.15) is 11.4 Å². The second-order valence-electron chi connectivity index (χ2n) is 7.62. The highest BCUT2D eigenvalue weighted by molar-refractivity contribution is 7.94. The number of fused-ring (bicyclic) bond motifs is 1. The number of rotatable bonds is 6. The zero-order valence-electron chi connectivity index (χ0n) is 17.2. The van der Waals surface area contributed by atoms with Crippen LogP contribution in [0.4, 0.5) is 9.93 Å². The van der Waals surface area contributed by atoms with Crippen molar-refractivity contribution in [1.29, 1.82) is 0 Å². The Bertz CT molecular complexity index is 1260. The molecule has 2 amide bonds. The third-order valence-electron chi connectivity index (χ3n) is 5.50. The quantitative estimate of drug-likeness (QED) is 0.372. The number of hydrogen-bond acceptors (Lipinski definition) is 10. The summed E-state index contributed by atoms with van der Waals surface area (Å²) in [5, 5.41) is 12.6. The predicted molar refractivity (Wildman–Crippen MR) is 116 cm³/mol. The van der Waals surface area contributed by atoms with Gasteiger partial charge in [0.2, 0.25) is 0 Å². The number of amides is 2. The van der Waals surface area contributed by atoms with Gasteiger partial charge in [0, 0.05) is 11.6 Å². The van der Waals surface area contributed by atoms with Crippen LogP contribution in [0, 0.1) is 0 Å². The van der Waals surface area contributed by atoms with Crippen molar-refractivity contribution in [3.63, 3.8) is 0 Å². The highest BCUT2D eigenvalue weighted by Crippen LogP contribution is 2.49. The fraction of sp³-hybridized carbons (Fsp3) is 0.316. The summed E-state index contributed by atoms with van der Waals surface area (Å²) in [7, 11) is -4.29. The van der Waals surface area contributed by atoms with Crippen LogP contribution in [0.5, 0.6) is 0 Å². The van der Waals surface area contributed by atoms with Gasteiger partial charge in [-0.1, -0.05) is 6.07 Å². The zero-order chi connectivity index (χ0) is 24.0. The molecule has 0 aromatic carbocycles. The van der Waals surface area contributed by atoms with Crippen molar-refractivity contribution in [3.8, 4) is 0 Å². The molecule has 0 spiro atoms. The number of anilines is 1. The van der Waals surface area contributed by atoms with Crippen molar-refractivity contribution in [2.75, 3.05) is 12.3 Å². The Morgan fingerprint density at radius 3 is 2.79 bits per heavy atom. The summed E-state index contributed by atoms with van der Waals surface area (Å²) in [5.41, 5.74) is 6.27. The third-order valence-corrected chi connectivity index (χ3v) is 8.93. The van der Waals surface area contributed by atoms with E-state index in [9.17, 15) is 27.9 Å². The SMILES string of the molecule is C[C@]1(COC(=O)NCc2csc(N)n2)[C@H](C(=O)O)N2C(=O)/C(=C\c3ccccn3)[C@H]2S1(=O)=O. The van der Waals surface area contributed by atoms with Gasteiger partial charge >= 0.3 is 12.1 Å². The number of ether oxygens (including phenoxy) is 1. The van der Waals surface area contributed by atoms with E-state index in [0.717, 1.165) is 11.8 Å². The standard InChI is InChI=1S/C19H19N5O7S2/c1-19(9-31-18(28)22-7-11-8-32-17(20)23-11)13(16(26)27)24-14(25)12(15(24)33(19,29)30)6-10-4-2-3-5-21-10/h2-6,8,13,15H,7,9H2,1H3,(H2,20,23)(H,22,28)(H,26,27)/b12-6+/t13-,15+,19-/m0/s1. The van der Waals surface area contributed by atoms with Crippen LogP contribution in [-0.4, -0.2) is 69.1 Å². The molecule has 2 aromatic heterocycles. The van der Waals surface area contributed by atoms with Crippen LogP contribution in [0.3, 0.4) is 0 Å². The number of pyridine rings is 1. The summed E-state index contributed by atoms with van der Waals surface area (Å²) in [6.07, 6.45) is 1.83. The van der Waals surface area contributed by atoms with Gasteiger partial charge in [-0.15, -0.1) is 11.3 Å². The molecule has 4 heterocycles. The summed E-state index contributed by atoms with van der Waals surface area (Å²) in [6.45, 7) is 0.372. The van der Waals surface area contributed by atoms with E-state index in [1.165, 1.54) is 23.6 Å². The summed E-state index contributed by atoms with van der Waals surface area (Å²) in [6, 6.07) is 3.18. The number of carboxylic acid groups (broad SMARTS) is 1. The smallest absolute Gasteiger partial charge is 0.407 e. The highest BCUT2D eigenvalue weighted by atomic mass is 32.2. The van der Waals surface area contributed by atoms with Crippen LogP contribution in [0.1, 0.15) is 18.3 Å². The van der Waals surface area contributed by atoms with Crippen molar-refractivity contribution in [1.82, 2.24) is 20.2 Å². The Morgan fingerprint density at radius 1 is 1.42 bits per heavy atom. The number of aromatic nitrogens is 2. The Morgan fingerprint density at radius 2 is 2.18 bits per heavy atom. The van der Waals surface area contributed by atoms with Crippen LogP contribution in [0.25, 0.3) is 6.08 Å². The molecule has 2 saturated heterocycles. The monoisotopic (exact) mass is 493 g/mol. The molecule has 14 heteroatoms. The number of carbonyl (C=O) groups is 3. The van der Waals surface area contributed by atoms with Crippen LogP contribution >= 0.6 is 11.3 Å². The first kappa shape index (κ1) is 22.7. The van der Waals surface area contributed by atoms with Crippen molar-refractivity contribution >= 4 is 50.4 Å². The minimum Gasteiger partial charge on any atom is -0.480 e. The highest BCUT2D eigenvalue weighted by Gasteiger charge is 2.72. The third kappa shape index (κ3) is 3.70. The number of thiazole rings is 1. The number of nitrogen functional groups attached to an aromatic ring is 1. The predicted octanol–water partition coefficient (Wildman–Crippen LogP) is 0.239. The summed E-state index contributed by atoms with van der Waals surface area (Å²) in [4.78, 5) is 45.6. The van der Waals surface area contributed by atoms with Crippen molar-refractivity contribution in [3.05, 3.63) is 46.7 Å². The first-order valence-electron chi connectivity index (χ1n) is 9.58. The average Bonchev–Trinajstić information content (AvgIpc) is 3.26. The minimum absolute atomic E-state index is 0.0114. The van der Waals surface area contributed by atoms with Crippen LogP contribution < -0.4 is 11.1 Å². The average molecular weight is 494 g/mol. The largest absolute Gasteiger partial charge is 0.480 e. The number of hydrogen-bond donors (Lipinski definition) is 3.